The normalized spacial score (nSPS) is 10.5. The third kappa shape index (κ3) is 4.38. The summed E-state index contributed by atoms with van der Waals surface area (Å²) in [7, 11) is 0. The van der Waals surface area contributed by atoms with E-state index < -0.39 is 0 Å². The summed E-state index contributed by atoms with van der Waals surface area (Å²) < 4.78 is 0. The highest BCUT2D eigenvalue weighted by Gasteiger charge is 2.07. The predicted octanol–water partition coefficient (Wildman–Crippen LogP) is 3.09. The number of nitrogens with zero attached hydrogens (tertiary/aromatic N) is 1. The lowest BCUT2D eigenvalue weighted by Gasteiger charge is -2.06. The standard InChI is InChI=1S/C13H20N2OS/c1-5-6-7-11-10(4)14-13(15-12(11)16)17-8-9(2)3/h2,5-8H2,1,3-4H3,(H,14,15,16). The molecule has 0 unspecified atom stereocenters. The van der Waals surface area contributed by atoms with Crippen LogP contribution in [0.15, 0.2) is 22.1 Å². The van der Waals surface area contributed by atoms with Crippen LogP contribution in [0.2, 0.25) is 0 Å². The van der Waals surface area contributed by atoms with E-state index in [0.717, 1.165) is 41.8 Å². The number of rotatable bonds is 6. The Kier molecular flexibility index (Phi) is 5.48. The largest absolute Gasteiger partial charge is 0.301 e. The van der Waals surface area contributed by atoms with Gasteiger partial charge >= 0.3 is 0 Å². The van der Waals surface area contributed by atoms with Crippen molar-refractivity contribution in [1.29, 1.82) is 0 Å². The number of aromatic amines is 1. The maximum Gasteiger partial charge on any atom is 0.254 e. The van der Waals surface area contributed by atoms with E-state index in [1.165, 1.54) is 11.8 Å². The van der Waals surface area contributed by atoms with Crippen LogP contribution in [-0.4, -0.2) is 15.7 Å². The van der Waals surface area contributed by atoms with Gasteiger partial charge in [-0.3, -0.25) is 4.79 Å². The van der Waals surface area contributed by atoms with Crippen molar-refractivity contribution in [2.45, 2.75) is 45.2 Å². The summed E-state index contributed by atoms with van der Waals surface area (Å²) in [6.45, 7) is 9.83. The van der Waals surface area contributed by atoms with E-state index in [1.807, 2.05) is 13.8 Å². The minimum Gasteiger partial charge on any atom is -0.301 e. The van der Waals surface area contributed by atoms with Crippen molar-refractivity contribution in [1.82, 2.24) is 9.97 Å². The van der Waals surface area contributed by atoms with Crippen LogP contribution < -0.4 is 5.56 Å². The van der Waals surface area contributed by atoms with Gasteiger partial charge < -0.3 is 4.98 Å². The van der Waals surface area contributed by atoms with E-state index in [2.05, 4.69) is 23.5 Å². The number of hydrogen-bond donors (Lipinski definition) is 1. The van der Waals surface area contributed by atoms with E-state index in [-0.39, 0.29) is 5.56 Å². The molecule has 4 heteroatoms. The number of hydrogen-bond acceptors (Lipinski definition) is 3. The minimum atomic E-state index is 0.00941. The summed E-state index contributed by atoms with van der Waals surface area (Å²) in [4.78, 5) is 19.1. The molecule has 0 aliphatic heterocycles. The molecule has 0 atom stereocenters. The Balaban J connectivity index is 2.85. The first-order valence-electron chi connectivity index (χ1n) is 5.91. The third-order valence-electron chi connectivity index (χ3n) is 2.44. The lowest BCUT2D eigenvalue weighted by molar-refractivity contribution is 0.758. The molecule has 1 rings (SSSR count). The number of aromatic nitrogens is 2. The van der Waals surface area contributed by atoms with Crippen LogP contribution in [0.3, 0.4) is 0 Å². The van der Waals surface area contributed by atoms with E-state index in [4.69, 9.17) is 0 Å². The van der Waals surface area contributed by atoms with Crippen molar-refractivity contribution in [3.8, 4) is 0 Å². The summed E-state index contributed by atoms with van der Waals surface area (Å²) in [6.07, 6.45) is 2.94. The van der Waals surface area contributed by atoms with Gasteiger partial charge in [0.05, 0.1) is 0 Å². The van der Waals surface area contributed by atoms with Crippen molar-refractivity contribution in [3.05, 3.63) is 33.8 Å². The quantitative estimate of drug-likeness (QED) is 0.481. The molecule has 94 valence electrons. The van der Waals surface area contributed by atoms with Gasteiger partial charge in [0.25, 0.3) is 5.56 Å². The van der Waals surface area contributed by atoms with Crippen LogP contribution in [0.25, 0.3) is 0 Å². The van der Waals surface area contributed by atoms with Crippen molar-refractivity contribution < 1.29 is 0 Å². The topological polar surface area (TPSA) is 45.8 Å². The molecule has 1 N–H and O–H groups in total. The zero-order valence-corrected chi connectivity index (χ0v) is 11.6. The molecule has 17 heavy (non-hydrogen) atoms. The molecule has 0 amide bonds. The summed E-state index contributed by atoms with van der Waals surface area (Å²) in [6, 6.07) is 0. The molecule has 0 fully saturated rings. The van der Waals surface area contributed by atoms with Crippen LogP contribution in [0.1, 0.15) is 37.9 Å². The number of H-pyrrole nitrogens is 1. The Bertz CT molecular complexity index is 451. The van der Waals surface area contributed by atoms with Crippen molar-refractivity contribution in [3.63, 3.8) is 0 Å². The molecule has 0 aliphatic carbocycles. The highest BCUT2D eigenvalue weighted by Crippen LogP contribution is 2.15. The molecule has 0 aromatic carbocycles. The van der Waals surface area contributed by atoms with Crippen molar-refractivity contribution in [2.75, 3.05) is 5.75 Å². The van der Waals surface area contributed by atoms with Gasteiger partial charge in [-0.1, -0.05) is 37.3 Å². The number of unbranched alkanes of at least 4 members (excludes halogenated alkanes) is 1. The second-order valence-corrected chi connectivity index (χ2v) is 5.25. The smallest absolute Gasteiger partial charge is 0.254 e. The Morgan fingerprint density at radius 1 is 1.53 bits per heavy atom. The highest BCUT2D eigenvalue weighted by atomic mass is 32.2. The van der Waals surface area contributed by atoms with E-state index >= 15 is 0 Å². The van der Waals surface area contributed by atoms with Crippen LogP contribution in [-0.2, 0) is 6.42 Å². The van der Waals surface area contributed by atoms with Crippen LogP contribution in [0.5, 0.6) is 0 Å². The first kappa shape index (κ1) is 14.0. The first-order chi connectivity index (χ1) is 8.04. The molecule has 3 nitrogen and oxygen atoms in total. The lowest BCUT2D eigenvalue weighted by atomic mass is 10.1. The number of nitrogens with one attached hydrogen (secondary N) is 1. The molecule has 0 radical (unpaired) electrons. The third-order valence-corrected chi connectivity index (χ3v) is 3.54. The molecule has 0 aliphatic rings. The second kappa shape index (κ2) is 6.64. The first-order valence-corrected chi connectivity index (χ1v) is 6.90. The Hall–Kier alpha value is -1.03. The van der Waals surface area contributed by atoms with Gasteiger partial charge in [-0.2, -0.15) is 0 Å². The molecule has 0 bridgehead atoms. The van der Waals surface area contributed by atoms with Gasteiger partial charge in [0.15, 0.2) is 5.16 Å². The highest BCUT2D eigenvalue weighted by molar-refractivity contribution is 7.99. The van der Waals surface area contributed by atoms with Gasteiger partial charge in [-0.05, 0) is 26.7 Å². The fourth-order valence-corrected chi connectivity index (χ4v) is 2.24. The number of aryl methyl sites for hydroxylation is 1. The zero-order valence-electron chi connectivity index (χ0n) is 10.8. The zero-order chi connectivity index (χ0) is 12.8. The van der Waals surface area contributed by atoms with E-state index in [0.29, 0.717) is 5.16 Å². The molecule has 1 aromatic heterocycles. The maximum absolute atomic E-state index is 11.9. The summed E-state index contributed by atoms with van der Waals surface area (Å²) >= 11 is 1.52. The average molecular weight is 252 g/mol. The van der Waals surface area contributed by atoms with Crippen molar-refractivity contribution in [2.24, 2.45) is 0 Å². The fraction of sp³-hybridized carbons (Fsp3) is 0.538. The van der Waals surface area contributed by atoms with Gasteiger partial charge in [-0.15, -0.1) is 0 Å². The second-order valence-electron chi connectivity index (χ2n) is 4.28. The fourth-order valence-electron chi connectivity index (χ4n) is 1.49. The van der Waals surface area contributed by atoms with Crippen LogP contribution >= 0.6 is 11.8 Å². The maximum atomic E-state index is 11.9. The Morgan fingerprint density at radius 3 is 2.76 bits per heavy atom. The molecular formula is C13H20N2OS. The minimum absolute atomic E-state index is 0.00941. The van der Waals surface area contributed by atoms with Gasteiger partial charge in [0, 0.05) is 17.0 Å². The van der Waals surface area contributed by atoms with Crippen LogP contribution in [0.4, 0.5) is 0 Å². The SMILES string of the molecule is C=C(C)CSc1nc(C)c(CCCC)c(=O)[nH]1. The monoisotopic (exact) mass is 252 g/mol. The molecule has 0 spiro atoms. The molecular weight excluding hydrogens is 232 g/mol. The lowest BCUT2D eigenvalue weighted by Crippen LogP contribution is -2.17. The van der Waals surface area contributed by atoms with Gasteiger partial charge in [0.2, 0.25) is 0 Å². The molecule has 1 heterocycles. The molecule has 0 saturated carbocycles. The van der Waals surface area contributed by atoms with E-state index in [1.54, 1.807) is 0 Å². The summed E-state index contributed by atoms with van der Waals surface area (Å²) in [5.41, 5.74) is 2.76. The Labute approximate surface area is 107 Å². The Morgan fingerprint density at radius 2 is 2.24 bits per heavy atom. The number of thioether (sulfide) groups is 1. The summed E-state index contributed by atoms with van der Waals surface area (Å²) in [5.74, 6) is 0.788. The van der Waals surface area contributed by atoms with Crippen molar-refractivity contribution >= 4 is 11.8 Å². The van der Waals surface area contributed by atoms with Crippen LogP contribution in [0, 0.1) is 6.92 Å². The summed E-state index contributed by atoms with van der Waals surface area (Å²) in [5, 5.41) is 0.691. The van der Waals surface area contributed by atoms with Gasteiger partial charge in [-0.25, -0.2) is 4.98 Å². The van der Waals surface area contributed by atoms with Gasteiger partial charge in [0.1, 0.15) is 0 Å². The predicted molar refractivity (Wildman–Crippen MR) is 73.7 cm³/mol. The van der Waals surface area contributed by atoms with E-state index in [9.17, 15) is 4.79 Å². The average Bonchev–Trinajstić information content (AvgIpc) is 2.25. The molecule has 0 saturated heterocycles. The molecule has 1 aromatic rings.